The first-order valence-corrected chi connectivity index (χ1v) is 14.9. The molecule has 1 saturated heterocycles. The Morgan fingerprint density at radius 2 is 2.00 bits per heavy atom. The van der Waals surface area contributed by atoms with Crippen molar-refractivity contribution in [3.8, 4) is 5.75 Å². The minimum absolute atomic E-state index is 0.0178. The first kappa shape index (κ1) is 26.5. The van der Waals surface area contributed by atoms with Gasteiger partial charge in [0.25, 0.3) is 10.0 Å². The average molecular weight is 574 g/mol. The number of methoxy groups -OCH3 is 1. The molecular weight excluding hydrogens is 546 g/mol. The van der Waals surface area contributed by atoms with Crippen molar-refractivity contribution < 1.29 is 17.9 Å². The Morgan fingerprint density at radius 1 is 1.18 bits per heavy atom. The number of nitrogens with one attached hydrogen (secondary N) is 3. The molecule has 4 aromatic rings. The number of aromatic nitrogens is 2. The van der Waals surface area contributed by atoms with E-state index in [1.54, 1.807) is 16.8 Å². The van der Waals surface area contributed by atoms with Crippen LogP contribution in [0.15, 0.2) is 58.8 Å². The molecule has 0 saturated carbocycles. The number of carbonyl (C=O) groups excluding carboxylic acids is 1. The molecule has 9 nitrogen and oxygen atoms in total. The number of benzene rings is 2. The molecule has 0 bridgehead atoms. The Morgan fingerprint density at radius 3 is 2.74 bits per heavy atom. The highest BCUT2D eigenvalue weighted by Gasteiger charge is 2.23. The zero-order chi connectivity index (χ0) is 26.7. The van der Waals surface area contributed by atoms with Crippen molar-refractivity contribution in [1.29, 1.82) is 0 Å². The molecule has 3 N–H and O–H groups in total. The van der Waals surface area contributed by atoms with Gasteiger partial charge in [-0.25, -0.2) is 8.42 Å². The molecule has 1 aliphatic heterocycles. The molecular formula is C26H28ClN5O4S2. The van der Waals surface area contributed by atoms with Crippen LogP contribution >= 0.6 is 22.9 Å². The molecule has 38 heavy (non-hydrogen) atoms. The maximum Gasteiger partial charge on any atom is 0.272 e. The summed E-state index contributed by atoms with van der Waals surface area (Å²) in [6, 6.07) is 16.2. The lowest BCUT2D eigenvalue weighted by Crippen LogP contribution is -2.46. The van der Waals surface area contributed by atoms with E-state index in [0.29, 0.717) is 34.1 Å². The van der Waals surface area contributed by atoms with Gasteiger partial charge in [-0.15, -0.1) is 11.3 Å². The van der Waals surface area contributed by atoms with Gasteiger partial charge in [0, 0.05) is 6.54 Å². The van der Waals surface area contributed by atoms with Gasteiger partial charge >= 0.3 is 0 Å². The maximum absolute atomic E-state index is 13.0. The lowest BCUT2D eigenvalue weighted by atomic mass is 10.0. The monoisotopic (exact) mass is 573 g/mol. The number of thiophene rings is 1. The number of halogens is 1. The third-order valence-corrected chi connectivity index (χ3v) is 9.48. The number of rotatable bonds is 9. The van der Waals surface area contributed by atoms with Gasteiger partial charge in [0.2, 0.25) is 5.91 Å². The van der Waals surface area contributed by atoms with Crippen molar-refractivity contribution in [3.63, 3.8) is 0 Å². The standard InChI is InChI=1S/C26H28ClN5O4S2/c1-36-21-10-5-9-20-24(21)25(31-38(34,35)23-12-11-22(27)37-23)30-32(20)16-18-7-4-6-17(14-18)15-29-26(33)19-8-2-3-13-28-19/h4-7,9-12,14,19,28H,2-3,8,13,15-16H2,1H3,(H,29,33)(H,30,31)/t19-/m0/s1. The number of hydrogen-bond donors (Lipinski definition) is 3. The Balaban J connectivity index is 1.39. The zero-order valence-corrected chi connectivity index (χ0v) is 23.1. The fourth-order valence-corrected chi connectivity index (χ4v) is 7.07. The third kappa shape index (κ3) is 5.80. The minimum Gasteiger partial charge on any atom is -0.496 e. The van der Waals surface area contributed by atoms with Crippen molar-refractivity contribution in [1.82, 2.24) is 20.4 Å². The lowest BCUT2D eigenvalue weighted by molar-refractivity contribution is -0.123. The van der Waals surface area contributed by atoms with Crippen molar-refractivity contribution in [3.05, 3.63) is 70.1 Å². The van der Waals surface area contributed by atoms with E-state index in [-0.39, 0.29) is 22.0 Å². The summed E-state index contributed by atoms with van der Waals surface area (Å²) >= 11 is 6.93. The number of anilines is 1. The summed E-state index contributed by atoms with van der Waals surface area (Å²) in [6.07, 6.45) is 3.01. The number of nitrogens with zero attached hydrogens (tertiary/aromatic N) is 2. The van der Waals surface area contributed by atoms with Crippen LogP contribution < -0.4 is 20.1 Å². The van der Waals surface area contributed by atoms with Crippen molar-refractivity contribution in [2.45, 2.75) is 42.6 Å². The van der Waals surface area contributed by atoms with Crippen molar-refractivity contribution in [2.24, 2.45) is 0 Å². The number of piperidine rings is 1. The summed E-state index contributed by atoms with van der Waals surface area (Å²) < 4.78 is 36.4. The van der Waals surface area contributed by atoms with Gasteiger partial charge in [-0.1, -0.05) is 48.4 Å². The van der Waals surface area contributed by atoms with Crippen LogP contribution in [0.5, 0.6) is 5.75 Å². The molecule has 12 heteroatoms. The van der Waals surface area contributed by atoms with E-state index in [2.05, 4.69) is 20.5 Å². The minimum atomic E-state index is -3.89. The van der Waals surface area contributed by atoms with Gasteiger partial charge < -0.3 is 15.4 Å². The van der Waals surface area contributed by atoms with Gasteiger partial charge in [0.05, 0.1) is 34.9 Å². The van der Waals surface area contributed by atoms with Crippen molar-refractivity contribution in [2.75, 3.05) is 18.4 Å². The Bertz CT molecular complexity index is 1560. The molecule has 2 aromatic heterocycles. The van der Waals surface area contributed by atoms with Crippen LogP contribution in [0.2, 0.25) is 4.34 Å². The molecule has 1 fully saturated rings. The molecule has 0 unspecified atom stereocenters. The summed E-state index contributed by atoms with van der Waals surface area (Å²) in [5.74, 6) is 0.693. The summed E-state index contributed by atoms with van der Waals surface area (Å²) in [6.45, 7) is 1.69. The SMILES string of the molecule is COc1cccc2c1c(NS(=O)(=O)c1ccc(Cl)s1)nn2Cc1cccc(CNC(=O)[C@@H]2CCCCN2)c1. The Hall–Kier alpha value is -3.12. The molecule has 1 amide bonds. The van der Waals surface area contributed by atoms with Crippen LogP contribution in [-0.2, 0) is 27.9 Å². The zero-order valence-electron chi connectivity index (χ0n) is 20.7. The predicted molar refractivity (Wildman–Crippen MR) is 149 cm³/mol. The van der Waals surface area contributed by atoms with E-state index < -0.39 is 10.0 Å². The van der Waals surface area contributed by atoms with Gasteiger partial charge in [0.15, 0.2) is 5.82 Å². The molecule has 3 heterocycles. The van der Waals surface area contributed by atoms with E-state index in [4.69, 9.17) is 16.3 Å². The number of carbonyl (C=O) groups is 1. The van der Waals surface area contributed by atoms with E-state index in [1.165, 1.54) is 13.2 Å². The highest BCUT2D eigenvalue weighted by molar-refractivity contribution is 7.94. The largest absolute Gasteiger partial charge is 0.496 e. The number of amides is 1. The molecule has 200 valence electrons. The van der Waals surface area contributed by atoms with Gasteiger partial charge in [-0.05, 0) is 54.8 Å². The Kier molecular flexibility index (Phi) is 7.89. The summed E-state index contributed by atoms with van der Waals surface area (Å²) in [5, 5.41) is 11.5. The van der Waals surface area contributed by atoms with E-state index in [9.17, 15) is 13.2 Å². The summed E-state index contributed by atoms with van der Waals surface area (Å²) in [7, 11) is -2.36. The highest BCUT2D eigenvalue weighted by Crippen LogP contribution is 2.35. The maximum atomic E-state index is 13.0. The fraction of sp³-hybridized carbons (Fsp3) is 0.308. The van der Waals surface area contributed by atoms with E-state index in [0.717, 1.165) is 48.3 Å². The number of sulfonamides is 1. The second kappa shape index (κ2) is 11.3. The van der Waals surface area contributed by atoms with Crippen LogP contribution in [0.3, 0.4) is 0 Å². The van der Waals surface area contributed by atoms with Crippen molar-refractivity contribution >= 4 is 55.6 Å². The first-order valence-electron chi connectivity index (χ1n) is 12.2. The average Bonchev–Trinajstić information content (AvgIpc) is 3.52. The smallest absolute Gasteiger partial charge is 0.272 e. The van der Waals surface area contributed by atoms with Crippen LogP contribution in [0.25, 0.3) is 10.9 Å². The molecule has 5 rings (SSSR count). The number of fused-ring (bicyclic) bond motifs is 1. The molecule has 1 aliphatic rings. The van der Waals surface area contributed by atoms with E-state index >= 15 is 0 Å². The van der Waals surface area contributed by atoms with E-state index in [1.807, 2.05) is 36.4 Å². The molecule has 1 atom stereocenters. The predicted octanol–water partition coefficient (Wildman–Crippen LogP) is 4.37. The second-order valence-corrected chi connectivity index (χ2v) is 12.7. The van der Waals surface area contributed by atoms with Gasteiger partial charge in [-0.2, -0.15) is 5.10 Å². The first-order chi connectivity index (χ1) is 18.3. The number of ether oxygens (including phenoxy) is 1. The lowest BCUT2D eigenvalue weighted by Gasteiger charge is -2.22. The van der Waals surface area contributed by atoms with Gasteiger partial charge in [-0.3, -0.25) is 14.2 Å². The molecule has 0 aliphatic carbocycles. The van der Waals surface area contributed by atoms with Gasteiger partial charge in [0.1, 0.15) is 9.96 Å². The normalized spacial score (nSPS) is 15.9. The fourth-order valence-electron chi connectivity index (χ4n) is 4.58. The summed E-state index contributed by atoms with van der Waals surface area (Å²) in [5.41, 5.74) is 2.64. The third-order valence-electron chi connectivity index (χ3n) is 6.42. The molecule has 0 spiro atoms. The summed E-state index contributed by atoms with van der Waals surface area (Å²) in [4.78, 5) is 12.5. The van der Waals surface area contributed by atoms with Crippen LogP contribution in [0.4, 0.5) is 5.82 Å². The highest BCUT2D eigenvalue weighted by atomic mass is 35.5. The second-order valence-electron chi connectivity index (χ2n) is 9.06. The Labute approximate surface area is 230 Å². The topological polar surface area (TPSA) is 114 Å². The number of hydrogen-bond acceptors (Lipinski definition) is 7. The van der Waals surface area contributed by atoms with Crippen LogP contribution in [0.1, 0.15) is 30.4 Å². The quantitative estimate of drug-likeness (QED) is 0.274. The van der Waals surface area contributed by atoms with Crippen LogP contribution in [0, 0.1) is 0 Å². The molecule has 0 radical (unpaired) electrons. The molecule has 2 aromatic carbocycles. The van der Waals surface area contributed by atoms with Crippen LogP contribution in [-0.4, -0.2) is 43.8 Å².